The Bertz CT molecular complexity index is 956. The number of rotatable bonds is 3. The van der Waals surface area contributed by atoms with Crippen molar-refractivity contribution >= 4 is 11.6 Å². The van der Waals surface area contributed by atoms with Crippen LogP contribution in [0.1, 0.15) is 28.2 Å². The molecule has 154 valence electrons. The van der Waals surface area contributed by atoms with Crippen molar-refractivity contribution in [3.8, 4) is 0 Å². The summed E-state index contributed by atoms with van der Waals surface area (Å²) in [4.78, 5) is 23.5. The molecule has 0 radical (unpaired) electrons. The van der Waals surface area contributed by atoms with Gasteiger partial charge in [0.1, 0.15) is 5.69 Å². The molecule has 9 heteroatoms. The molecule has 1 atom stereocenters. The Labute approximate surface area is 165 Å². The standard InChI is InChI=1S/C20H20F4N4O/c1-11-5-12(2)26-16-10-28(9-15(11)16)19(29)18(21)13-7-27(8-13)14-3-4-25-17(6-14)20(22,23)24/h3-6,13,18H,7-10H2,1-2H3. The number of fused-ring (bicyclic) bond motifs is 1. The van der Waals surface area contributed by atoms with Gasteiger partial charge in [-0.15, -0.1) is 0 Å². The fraction of sp³-hybridized carbons (Fsp3) is 0.450. The third kappa shape index (κ3) is 3.65. The minimum Gasteiger partial charge on any atom is -0.370 e. The zero-order valence-electron chi connectivity index (χ0n) is 16.0. The van der Waals surface area contributed by atoms with Gasteiger partial charge < -0.3 is 9.80 Å². The van der Waals surface area contributed by atoms with Gasteiger partial charge >= 0.3 is 6.18 Å². The molecule has 2 aliphatic rings. The Morgan fingerprint density at radius 2 is 1.93 bits per heavy atom. The first-order valence-corrected chi connectivity index (χ1v) is 9.30. The van der Waals surface area contributed by atoms with E-state index in [0.717, 1.165) is 34.8 Å². The SMILES string of the molecule is Cc1cc(C)c2c(n1)CN(C(=O)C(F)C1CN(c3ccnc(C(F)(F)F)c3)C1)C2. The molecular formula is C20H20F4N4O. The molecule has 2 aromatic rings. The number of pyridine rings is 2. The van der Waals surface area contributed by atoms with Crippen molar-refractivity contribution in [2.45, 2.75) is 39.3 Å². The summed E-state index contributed by atoms with van der Waals surface area (Å²) in [7, 11) is 0. The maximum atomic E-state index is 14.8. The summed E-state index contributed by atoms with van der Waals surface area (Å²) in [6.45, 7) is 4.82. The number of hydrogen-bond acceptors (Lipinski definition) is 4. The van der Waals surface area contributed by atoms with Gasteiger partial charge in [0, 0.05) is 43.1 Å². The summed E-state index contributed by atoms with van der Waals surface area (Å²) in [5, 5.41) is 0. The molecule has 0 bridgehead atoms. The number of carbonyl (C=O) groups is 1. The average Bonchev–Trinajstić information content (AvgIpc) is 3.03. The maximum absolute atomic E-state index is 14.8. The number of amides is 1. The third-order valence-corrected chi connectivity index (χ3v) is 5.52. The maximum Gasteiger partial charge on any atom is 0.433 e. The molecule has 2 aromatic heterocycles. The van der Waals surface area contributed by atoms with Crippen LogP contribution in [0.4, 0.5) is 23.2 Å². The van der Waals surface area contributed by atoms with Crippen molar-refractivity contribution < 1.29 is 22.4 Å². The molecule has 0 saturated carbocycles. The average molecular weight is 408 g/mol. The van der Waals surface area contributed by atoms with E-state index >= 15 is 0 Å². The highest BCUT2D eigenvalue weighted by atomic mass is 19.4. The van der Waals surface area contributed by atoms with E-state index in [-0.39, 0.29) is 19.6 Å². The highest BCUT2D eigenvalue weighted by molar-refractivity contribution is 5.82. The lowest BCUT2D eigenvalue weighted by molar-refractivity contribution is -0.141. The van der Waals surface area contributed by atoms with Crippen molar-refractivity contribution in [3.63, 3.8) is 0 Å². The van der Waals surface area contributed by atoms with Crippen LogP contribution in [-0.2, 0) is 24.1 Å². The van der Waals surface area contributed by atoms with Gasteiger partial charge in [0.15, 0.2) is 6.17 Å². The van der Waals surface area contributed by atoms with Gasteiger partial charge in [0.2, 0.25) is 0 Å². The summed E-state index contributed by atoms with van der Waals surface area (Å²) < 4.78 is 53.2. The molecule has 29 heavy (non-hydrogen) atoms. The van der Waals surface area contributed by atoms with E-state index < -0.39 is 29.9 Å². The van der Waals surface area contributed by atoms with Crippen LogP contribution >= 0.6 is 0 Å². The molecule has 5 nitrogen and oxygen atoms in total. The quantitative estimate of drug-likeness (QED) is 0.731. The molecule has 1 amide bonds. The van der Waals surface area contributed by atoms with Gasteiger partial charge in [-0.1, -0.05) is 0 Å². The summed E-state index contributed by atoms with van der Waals surface area (Å²) in [5.74, 6) is -1.14. The highest BCUT2D eigenvalue weighted by Crippen LogP contribution is 2.34. The van der Waals surface area contributed by atoms with Gasteiger partial charge in [-0.25, -0.2) is 4.39 Å². The van der Waals surface area contributed by atoms with Crippen LogP contribution < -0.4 is 4.90 Å². The highest BCUT2D eigenvalue weighted by Gasteiger charge is 2.42. The van der Waals surface area contributed by atoms with Crippen LogP contribution in [0.3, 0.4) is 0 Å². The summed E-state index contributed by atoms with van der Waals surface area (Å²) >= 11 is 0. The molecule has 1 fully saturated rings. The van der Waals surface area contributed by atoms with E-state index in [2.05, 4.69) is 9.97 Å². The number of hydrogen-bond donors (Lipinski definition) is 0. The Morgan fingerprint density at radius 1 is 1.21 bits per heavy atom. The topological polar surface area (TPSA) is 49.3 Å². The smallest absolute Gasteiger partial charge is 0.370 e. The van der Waals surface area contributed by atoms with Gasteiger partial charge in [-0.05, 0) is 43.2 Å². The van der Waals surface area contributed by atoms with Crippen LogP contribution in [0.5, 0.6) is 0 Å². The van der Waals surface area contributed by atoms with E-state index in [4.69, 9.17) is 0 Å². The molecule has 0 spiro atoms. The number of nitrogens with zero attached hydrogens (tertiary/aromatic N) is 4. The zero-order chi connectivity index (χ0) is 20.9. The minimum atomic E-state index is -4.53. The molecule has 4 rings (SSSR count). The number of aryl methyl sites for hydroxylation is 2. The zero-order valence-corrected chi connectivity index (χ0v) is 16.0. The largest absolute Gasteiger partial charge is 0.433 e. The van der Waals surface area contributed by atoms with Crippen molar-refractivity contribution in [3.05, 3.63) is 52.6 Å². The molecule has 0 aliphatic carbocycles. The molecule has 2 aliphatic heterocycles. The second-order valence-corrected chi connectivity index (χ2v) is 7.66. The van der Waals surface area contributed by atoms with Crippen molar-refractivity contribution in [1.29, 1.82) is 0 Å². The second kappa shape index (κ2) is 6.96. The summed E-state index contributed by atoms with van der Waals surface area (Å²) in [6.07, 6.45) is -5.14. The third-order valence-electron chi connectivity index (χ3n) is 5.52. The lowest BCUT2D eigenvalue weighted by Crippen LogP contribution is -2.54. The Balaban J connectivity index is 1.38. The van der Waals surface area contributed by atoms with E-state index in [9.17, 15) is 22.4 Å². The van der Waals surface area contributed by atoms with E-state index in [1.54, 1.807) is 4.90 Å². The van der Waals surface area contributed by atoms with Crippen LogP contribution in [0.25, 0.3) is 0 Å². The number of halogens is 4. The Morgan fingerprint density at radius 3 is 2.62 bits per heavy atom. The normalized spacial score (nSPS) is 17.9. The molecule has 0 aromatic carbocycles. The first kappa shape index (κ1) is 19.6. The minimum absolute atomic E-state index is 0.186. The van der Waals surface area contributed by atoms with Crippen LogP contribution in [0.2, 0.25) is 0 Å². The van der Waals surface area contributed by atoms with Crippen LogP contribution in [0, 0.1) is 19.8 Å². The predicted molar refractivity (Wildman–Crippen MR) is 97.8 cm³/mol. The van der Waals surface area contributed by atoms with Gasteiger partial charge in [0.05, 0.1) is 12.2 Å². The van der Waals surface area contributed by atoms with Crippen molar-refractivity contribution in [1.82, 2.24) is 14.9 Å². The lowest BCUT2D eigenvalue weighted by Gasteiger charge is -2.42. The number of aromatic nitrogens is 2. The summed E-state index contributed by atoms with van der Waals surface area (Å²) in [6, 6.07) is 4.33. The summed E-state index contributed by atoms with van der Waals surface area (Å²) in [5.41, 5.74) is 2.99. The predicted octanol–water partition coefficient (Wildman–Crippen LogP) is 3.43. The fourth-order valence-corrected chi connectivity index (χ4v) is 3.93. The molecule has 0 N–H and O–H groups in total. The molecule has 1 saturated heterocycles. The first-order chi connectivity index (χ1) is 13.6. The van der Waals surface area contributed by atoms with Gasteiger partial charge in [0.25, 0.3) is 5.91 Å². The second-order valence-electron chi connectivity index (χ2n) is 7.66. The monoisotopic (exact) mass is 408 g/mol. The van der Waals surface area contributed by atoms with E-state index in [0.29, 0.717) is 12.2 Å². The molecule has 4 heterocycles. The van der Waals surface area contributed by atoms with E-state index in [1.165, 1.54) is 11.0 Å². The van der Waals surface area contributed by atoms with Gasteiger partial charge in [-0.2, -0.15) is 13.2 Å². The number of carbonyl (C=O) groups excluding carboxylic acids is 1. The first-order valence-electron chi connectivity index (χ1n) is 9.30. The van der Waals surface area contributed by atoms with Crippen molar-refractivity contribution in [2.75, 3.05) is 18.0 Å². The molecule has 1 unspecified atom stereocenters. The van der Waals surface area contributed by atoms with E-state index in [1.807, 2.05) is 19.9 Å². The Hall–Kier alpha value is -2.71. The number of alkyl halides is 4. The van der Waals surface area contributed by atoms with Gasteiger partial charge in [-0.3, -0.25) is 14.8 Å². The fourth-order valence-electron chi connectivity index (χ4n) is 3.93. The lowest BCUT2D eigenvalue weighted by atomic mass is 9.93. The van der Waals surface area contributed by atoms with Crippen LogP contribution in [-0.4, -0.2) is 40.0 Å². The number of anilines is 1. The Kier molecular flexibility index (Phi) is 4.71. The van der Waals surface area contributed by atoms with Crippen molar-refractivity contribution in [2.24, 2.45) is 5.92 Å². The molecular weight excluding hydrogens is 388 g/mol. The van der Waals surface area contributed by atoms with Crippen LogP contribution in [0.15, 0.2) is 24.4 Å².